The molecular weight excluding hydrogens is 383 g/mol. The highest BCUT2D eigenvalue weighted by atomic mass is 79.9. The van der Waals surface area contributed by atoms with E-state index in [2.05, 4.69) is 25.9 Å². The number of hydrogen-bond donors (Lipinski definition) is 1. The molecule has 0 atom stereocenters. The average molecular weight is 390 g/mol. The second-order valence-corrected chi connectivity index (χ2v) is 5.75. The fourth-order valence-electron chi connectivity index (χ4n) is 1.73. The van der Waals surface area contributed by atoms with Crippen LogP contribution in [0.5, 0.6) is 0 Å². The number of nitrogens with one attached hydrogen (secondary N) is 1. The molecule has 0 bridgehead atoms. The van der Waals surface area contributed by atoms with E-state index in [-0.39, 0.29) is 22.0 Å². The van der Waals surface area contributed by atoms with Crippen LogP contribution in [0.15, 0.2) is 32.6 Å². The lowest BCUT2D eigenvalue weighted by atomic mass is 10.0. The first-order chi connectivity index (χ1) is 10.3. The molecule has 0 aliphatic rings. The fourth-order valence-corrected chi connectivity index (χ4v) is 2.54. The van der Waals surface area contributed by atoms with Gasteiger partial charge in [-0.25, -0.2) is 4.98 Å². The van der Waals surface area contributed by atoms with Gasteiger partial charge in [0, 0.05) is 10.0 Å². The monoisotopic (exact) mass is 389 g/mol. The lowest BCUT2D eigenvalue weighted by Gasteiger charge is -2.11. The van der Waals surface area contributed by atoms with Crippen LogP contribution < -0.4 is 5.56 Å². The average Bonchev–Trinajstić information content (AvgIpc) is 2.45. The van der Waals surface area contributed by atoms with Crippen molar-refractivity contribution >= 4 is 27.7 Å². The summed E-state index contributed by atoms with van der Waals surface area (Å²) in [6.45, 7) is 0. The van der Waals surface area contributed by atoms with Crippen molar-refractivity contribution in [2.75, 3.05) is 6.26 Å². The molecule has 22 heavy (non-hydrogen) atoms. The Morgan fingerprint density at radius 2 is 2.09 bits per heavy atom. The summed E-state index contributed by atoms with van der Waals surface area (Å²) >= 11 is 4.25. The van der Waals surface area contributed by atoms with Crippen molar-refractivity contribution in [3.63, 3.8) is 0 Å². The van der Waals surface area contributed by atoms with Crippen LogP contribution in [0.1, 0.15) is 11.1 Å². The third-order valence-corrected chi connectivity index (χ3v) is 4.02. The zero-order valence-corrected chi connectivity index (χ0v) is 13.4. The molecule has 0 unspecified atom stereocenters. The largest absolute Gasteiger partial charge is 0.416 e. The number of H-pyrrole nitrogens is 1. The minimum absolute atomic E-state index is 0.0350. The number of aromatic amines is 1. The molecule has 0 amide bonds. The lowest BCUT2D eigenvalue weighted by molar-refractivity contribution is -0.137. The minimum Gasteiger partial charge on any atom is -0.300 e. The maximum absolute atomic E-state index is 12.8. The van der Waals surface area contributed by atoms with Crippen LogP contribution in [0.2, 0.25) is 0 Å². The maximum atomic E-state index is 12.8. The van der Waals surface area contributed by atoms with Crippen LogP contribution in [-0.2, 0) is 6.18 Å². The zero-order chi connectivity index (χ0) is 16.5. The van der Waals surface area contributed by atoms with Gasteiger partial charge in [0.05, 0.1) is 11.3 Å². The van der Waals surface area contributed by atoms with Crippen molar-refractivity contribution in [1.29, 1.82) is 5.26 Å². The first kappa shape index (κ1) is 16.6. The Labute approximate surface area is 135 Å². The number of halogens is 4. The smallest absolute Gasteiger partial charge is 0.300 e. The van der Waals surface area contributed by atoms with E-state index in [4.69, 9.17) is 5.26 Å². The summed E-state index contributed by atoms with van der Waals surface area (Å²) < 4.78 is 38.9. The molecule has 0 fully saturated rings. The van der Waals surface area contributed by atoms with Crippen molar-refractivity contribution in [3.05, 3.63) is 44.2 Å². The Hall–Kier alpha value is -1.79. The topological polar surface area (TPSA) is 69.5 Å². The van der Waals surface area contributed by atoms with Crippen LogP contribution >= 0.6 is 27.7 Å². The number of alkyl halides is 3. The number of rotatable bonds is 2. The molecule has 0 aliphatic carbocycles. The quantitative estimate of drug-likeness (QED) is 0.626. The van der Waals surface area contributed by atoms with Gasteiger partial charge in [-0.1, -0.05) is 27.7 Å². The van der Waals surface area contributed by atoms with Crippen LogP contribution in [0.4, 0.5) is 13.2 Å². The van der Waals surface area contributed by atoms with Crippen molar-refractivity contribution in [3.8, 4) is 17.3 Å². The summed E-state index contributed by atoms with van der Waals surface area (Å²) in [7, 11) is 0. The van der Waals surface area contributed by atoms with E-state index in [9.17, 15) is 18.0 Å². The van der Waals surface area contributed by atoms with Gasteiger partial charge in [-0.2, -0.15) is 18.4 Å². The van der Waals surface area contributed by atoms with Crippen LogP contribution in [-0.4, -0.2) is 16.2 Å². The summed E-state index contributed by atoms with van der Waals surface area (Å²) in [5, 5.41) is 9.30. The normalized spacial score (nSPS) is 11.3. The summed E-state index contributed by atoms with van der Waals surface area (Å²) in [6.07, 6.45) is -2.89. The van der Waals surface area contributed by atoms with Gasteiger partial charge in [0.1, 0.15) is 11.6 Å². The second-order valence-electron chi connectivity index (χ2n) is 4.10. The Balaban J connectivity index is 2.79. The van der Waals surface area contributed by atoms with Gasteiger partial charge < -0.3 is 4.98 Å². The fraction of sp³-hybridized carbons (Fsp3) is 0.154. The van der Waals surface area contributed by atoms with Crippen LogP contribution in [0, 0.1) is 11.3 Å². The molecule has 1 aromatic heterocycles. The standard InChI is InChI=1S/C13H7BrF3N3OS/c1-22-12-19-10(8(5-18)11(21)20-12)7-4-6(13(15,16)17)2-3-9(7)14/h2-4H,1H3,(H,19,20,21). The van der Waals surface area contributed by atoms with Crippen LogP contribution in [0.25, 0.3) is 11.3 Å². The number of hydrogen-bond acceptors (Lipinski definition) is 4. The minimum atomic E-state index is -4.54. The third-order valence-electron chi connectivity index (χ3n) is 2.75. The van der Waals surface area contributed by atoms with Gasteiger partial charge in [0.15, 0.2) is 5.16 Å². The number of aromatic nitrogens is 2. The predicted octanol–water partition coefficient (Wildman–Crippen LogP) is 3.81. The zero-order valence-electron chi connectivity index (χ0n) is 11.0. The van der Waals surface area contributed by atoms with E-state index in [1.54, 1.807) is 12.3 Å². The van der Waals surface area contributed by atoms with Crippen molar-refractivity contribution in [2.24, 2.45) is 0 Å². The summed E-state index contributed by atoms with van der Waals surface area (Å²) in [5.74, 6) is 0. The molecule has 9 heteroatoms. The summed E-state index contributed by atoms with van der Waals surface area (Å²) in [5.41, 5.74) is -1.97. The molecule has 0 spiro atoms. The van der Waals surface area contributed by atoms with Gasteiger partial charge in [0.25, 0.3) is 5.56 Å². The van der Waals surface area contributed by atoms with E-state index in [0.717, 1.165) is 23.9 Å². The predicted molar refractivity (Wildman–Crippen MR) is 79.5 cm³/mol. The summed E-state index contributed by atoms with van der Waals surface area (Å²) in [4.78, 5) is 18.3. The molecule has 2 rings (SSSR count). The molecule has 114 valence electrons. The highest BCUT2D eigenvalue weighted by Crippen LogP contribution is 2.36. The molecule has 0 radical (unpaired) electrons. The van der Waals surface area contributed by atoms with Gasteiger partial charge in [-0.3, -0.25) is 4.79 Å². The van der Waals surface area contributed by atoms with Gasteiger partial charge >= 0.3 is 6.18 Å². The van der Waals surface area contributed by atoms with Crippen molar-refractivity contribution < 1.29 is 13.2 Å². The number of nitriles is 1. The second kappa shape index (κ2) is 6.14. The Kier molecular flexibility index (Phi) is 4.63. The molecule has 1 aromatic carbocycles. The van der Waals surface area contributed by atoms with Crippen molar-refractivity contribution in [2.45, 2.75) is 11.3 Å². The first-order valence-corrected chi connectivity index (χ1v) is 7.75. The molecule has 1 heterocycles. The Morgan fingerprint density at radius 1 is 1.41 bits per heavy atom. The van der Waals surface area contributed by atoms with Crippen molar-refractivity contribution in [1.82, 2.24) is 9.97 Å². The molecule has 0 aliphatic heterocycles. The third kappa shape index (κ3) is 3.18. The van der Waals surface area contributed by atoms with E-state index in [1.807, 2.05) is 0 Å². The Morgan fingerprint density at radius 3 is 2.64 bits per heavy atom. The molecule has 0 saturated carbocycles. The highest BCUT2D eigenvalue weighted by molar-refractivity contribution is 9.10. The number of benzene rings is 1. The van der Waals surface area contributed by atoms with Gasteiger partial charge in [0.2, 0.25) is 0 Å². The van der Waals surface area contributed by atoms with E-state index < -0.39 is 17.3 Å². The number of nitrogens with zero attached hydrogens (tertiary/aromatic N) is 2. The maximum Gasteiger partial charge on any atom is 0.416 e. The highest BCUT2D eigenvalue weighted by Gasteiger charge is 2.31. The Bertz CT molecular complexity index is 827. The van der Waals surface area contributed by atoms with E-state index in [1.165, 1.54) is 6.07 Å². The molecule has 2 aromatic rings. The van der Waals surface area contributed by atoms with E-state index in [0.29, 0.717) is 4.47 Å². The molecule has 1 N–H and O–H groups in total. The molecule has 4 nitrogen and oxygen atoms in total. The van der Waals surface area contributed by atoms with Crippen LogP contribution in [0.3, 0.4) is 0 Å². The van der Waals surface area contributed by atoms with E-state index >= 15 is 0 Å². The summed E-state index contributed by atoms with van der Waals surface area (Å²) in [6, 6.07) is 4.65. The molecule has 0 saturated heterocycles. The lowest BCUT2D eigenvalue weighted by Crippen LogP contribution is -2.15. The van der Waals surface area contributed by atoms with Gasteiger partial charge in [-0.05, 0) is 24.5 Å². The SMILES string of the molecule is CSc1nc(-c2cc(C(F)(F)F)ccc2Br)c(C#N)c(=O)[nH]1. The number of thioether (sulfide) groups is 1. The molecular formula is C13H7BrF3N3OS. The van der Waals surface area contributed by atoms with Gasteiger partial charge in [-0.15, -0.1) is 0 Å². The first-order valence-electron chi connectivity index (χ1n) is 5.73.